The Kier molecular flexibility index (Phi) is 6.78. The molecule has 0 unspecified atom stereocenters. The van der Waals surface area contributed by atoms with Crippen LogP contribution in [0.5, 0.6) is 5.75 Å². The molecule has 0 spiro atoms. The summed E-state index contributed by atoms with van der Waals surface area (Å²) in [6.07, 6.45) is 5.07. The second kappa shape index (κ2) is 8.90. The van der Waals surface area contributed by atoms with E-state index in [0.717, 1.165) is 50.8 Å². The lowest BCUT2D eigenvalue weighted by atomic mass is 10.00. The third-order valence-corrected chi connectivity index (χ3v) is 7.92. The number of piperidine rings is 2. The number of nitrogens with zero attached hydrogens (tertiary/aromatic N) is 2. The molecule has 2 heterocycles. The van der Waals surface area contributed by atoms with Crippen molar-refractivity contribution in [3.05, 3.63) is 23.8 Å². The Hall–Kier alpha value is -1.15. The SMILES string of the molecule is CCc1ccc(OC)c(S(=O)(=O)N2CCC(N3CCC(OC)CC3)CC2)c1. The van der Waals surface area contributed by atoms with E-state index in [9.17, 15) is 8.42 Å². The van der Waals surface area contributed by atoms with Gasteiger partial charge in [-0.05, 0) is 49.8 Å². The van der Waals surface area contributed by atoms with Crippen molar-refractivity contribution in [1.82, 2.24) is 9.21 Å². The van der Waals surface area contributed by atoms with E-state index in [4.69, 9.17) is 9.47 Å². The maximum atomic E-state index is 13.2. The first-order chi connectivity index (χ1) is 13.0. The average molecular weight is 397 g/mol. The first-order valence-corrected chi connectivity index (χ1v) is 11.4. The minimum Gasteiger partial charge on any atom is -0.495 e. The normalized spacial score (nSPS) is 21.4. The van der Waals surface area contributed by atoms with Gasteiger partial charge in [0, 0.05) is 39.3 Å². The number of hydrogen-bond acceptors (Lipinski definition) is 5. The van der Waals surface area contributed by atoms with Gasteiger partial charge in [0.05, 0.1) is 13.2 Å². The molecule has 0 aromatic heterocycles. The lowest BCUT2D eigenvalue weighted by Crippen LogP contribution is -2.49. The van der Waals surface area contributed by atoms with Gasteiger partial charge in [0.2, 0.25) is 10.0 Å². The van der Waals surface area contributed by atoms with Crippen molar-refractivity contribution in [3.63, 3.8) is 0 Å². The molecule has 0 N–H and O–H groups in total. The molecule has 7 heteroatoms. The van der Waals surface area contributed by atoms with Gasteiger partial charge in [0.25, 0.3) is 0 Å². The van der Waals surface area contributed by atoms with Gasteiger partial charge >= 0.3 is 0 Å². The number of benzene rings is 1. The highest BCUT2D eigenvalue weighted by atomic mass is 32.2. The third kappa shape index (κ3) is 4.47. The molecule has 0 radical (unpaired) electrons. The van der Waals surface area contributed by atoms with Crippen LogP contribution in [-0.4, -0.2) is 70.2 Å². The van der Waals surface area contributed by atoms with E-state index in [1.165, 1.54) is 7.11 Å². The highest BCUT2D eigenvalue weighted by molar-refractivity contribution is 7.89. The largest absolute Gasteiger partial charge is 0.495 e. The molecule has 0 saturated carbocycles. The van der Waals surface area contributed by atoms with Gasteiger partial charge in [0.15, 0.2) is 0 Å². The van der Waals surface area contributed by atoms with Crippen LogP contribution in [-0.2, 0) is 21.2 Å². The highest BCUT2D eigenvalue weighted by Crippen LogP contribution is 2.31. The molecule has 0 bridgehead atoms. The maximum absolute atomic E-state index is 13.2. The fourth-order valence-corrected chi connectivity index (χ4v) is 5.88. The zero-order valence-corrected chi connectivity index (χ0v) is 17.5. The smallest absolute Gasteiger partial charge is 0.246 e. The monoisotopic (exact) mass is 396 g/mol. The average Bonchev–Trinajstić information content (AvgIpc) is 2.73. The minimum absolute atomic E-state index is 0.295. The van der Waals surface area contributed by atoms with E-state index >= 15 is 0 Å². The number of ether oxygens (including phenoxy) is 2. The van der Waals surface area contributed by atoms with E-state index in [2.05, 4.69) is 4.90 Å². The molecule has 152 valence electrons. The van der Waals surface area contributed by atoms with Crippen molar-refractivity contribution in [1.29, 1.82) is 0 Å². The lowest BCUT2D eigenvalue weighted by molar-refractivity contribution is 0.0190. The molecular formula is C20H32N2O4S. The molecule has 0 atom stereocenters. The Labute approximate surface area is 163 Å². The predicted molar refractivity (Wildman–Crippen MR) is 106 cm³/mol. The van der Waals surface area contributed by atoms with Crippen LogP contribution in [0.4, 0.5) is 0 Å². The molecule has 2 saturated heterocycles. The Morgan fingerprint density at radius 3 is 2.26 bits per heavy atom. The predicted octanol–water partition coefficient (Wildman–Crippen LogP) is 2.52. The molecule has 2 aliphatic heterocycles. The number of sulfonamides is 1. The molecule has 6 nitrogen and oxygen atoms in total. The number of rotatable bonds is 6. The summed E-state index contributed by atoms with van der Waals surface area (Å²) in [6, 6.07) is 5.92. The molecule has 1 aromatic rings. The second-order valence-corrected chi connectivity index (χ2v) is 9.35. The summed E-state index contributed by atoms with van der Waals surface area (Å²) >= 11 is 0. The molecule has 0 amide bonds. The van der Waals surface area contributed by atoms with Crippen molar-refractivity contribution in [2.24, 2.45) is 0 Å². The van der Waals surface area contributed by atoms with Crippen LogP contribution in [0, 0.1) is 0 Å². The lowest BCUT2D eigenvalue weighted by Gasteiger charge is -2.41. The third-order valence-electron chi connectivity index (χ3n) is 6.00. The Morgan fingerprint density at radius 2 is 1.70 bits per heavy atom. The van der Waals surface area contributed by atoms with Crippen molar-refractivity contribution >= 4 is 10.0 Å². The van der Waals surface area contributed by atoms with E-state index in [1.54, 1.807) is 23.5 Å². The highest BCUT2D eigenvalue weighted by Gasteiger charge is 2.34. The number of aryl methyl sites for hydroxylation is 1. The Morgan fingerprint density at radius 1 is 1.04 bits per heavy atom. The topological polar surface area (TPSA) is 59.1 Å². The van der Waals surface area contributed by atoms with Crippen molar-refractivity contribution < 1.29 is 17.9 Å². The fraction of sp³-hybridized carbons (Fsp3) is 0.700. The van der Waals surface area contributed by atoms with Crippen molar-refractivity contribution in [2.75, 3.05) is 40.4 Å². The van der Waals surface area contributed by atoms with Crippen LogP contribution in [0.25, 0.3) is 0 Å². The van der Waals surface area contributed by atoms with Gasteiger partial charge in [-0.1, -0.05) is 13.0 Å². The van der Waals surface area contributed by atoms with Gasteiger partial charge < -0.3 is 14.4 Å². The van der Waals surface area contributed by atoms with E-state index in [0.29, 0.717) is 35.9 Å². The summed E-state index contributed by atoms with van der Waals surface area (Å²) in [4.78, 5) is 2.81. The van der Waals surface area contributed by atoms with Crippen LogP contribution >= 0.6 is 0 Å². The standard InChI is InChI=1S/C20H32N2O4S/c1-4-16-5-6-19(26-3)20(15-16)27(23,24)22-13-7-17(8-14-22)21-11-9-18(25-2)10-12-21/h5-6,15,17-18H,4,7-14H2,1-3H3. The quantitative estimate of drug-likeness (QED) is 0.740. The summed E-state index contributed by atoms with van der Waals surface area (Å²) in [5.41, 5.74) is 1.00. The Bertz CT molecular complexity index is 721. The zero-order chi connectivity index (χ0) is 19.4. The molecule has 2 fully saturated rings. The van der Waals surface area contributed by atoms with Gasteiger partial charge in [0.1, 0.15) is 10.6 Å². The van der Waals surface area contributed by atoms with Crippen LogP contribution in [0.3, 0.4) is 0 Å². The molecule has 0 aliphatic carbocycles. The number of hydrogen-bond donors (Lipinski definition) is 0. The number of methoxy groups -OCH3 is 2. The van der Waals surface area contributed by atoms with E-state index in [-0.39, 0.29) is 0 Å². The summed E-state index contributed by atoms with van der Waals surface area (Å²) in [5.74, 6) is 0.427. The molecular weight excluding hydrogens is 364 g/mol. The van der Waals surface area contributed by atoms with Crippen molar-refractivity contribution in [2.45, 2.75) is 56.1 Å². The van der Waals surface area contributed by atoms with E-state index in [1.807, 2.05) is 13.0 Å². The van der Waals surface area contributed by atoms with Gasteiger partial charge in [-0.2, -0.15) is 4.31 Å². The summed E-state index contributed by atoms with van der Waals surface area (Å²) in [5, 5.41) is 0. The molecule has 1 aromatic carbocycles. The summed E-state index contributed by atoms with van der Waals surface area (Å²) in [6.45, 7) is 5.24. The first kappa shape index (κ1) is 20.6. The minimum atomic E-state index is -3.53. The summed E-state index contributed by atoms with van der Waals surface area (Å²) in [7, 11) is -0.228. The van der Waals surface area contributed by atoms with Gasteiger partial charge in [-0.25, -0.2) is 8.42 Å². The number of likely N-dealkylation sites (tertiary alicyclic amines) is 1. The molecule has 2 aliphatic rings. The van der Waals surface area contributed by atoms with E-state index < -0.39 is 10.0 Å². The van der Waals surface area contributed by atoms with Gasteiger partial charge in [-0.15, -0.1) is 0 Å². The van der Waals surface area contributed by atoms with Crippen LogP contribution < -0.4 is 4.74 Å². The summed E-state index contributed by atoms with van der Waals surface area (Å²) < 4.78 is 38.8. The van der Waals surface area contributed by atoms with Crippen LogP contribution in [0.15, 0.2) is 23.1 Å². The second-order valence-electron chi connectivity index (χ2n) is 7.45. The zero-order valence-electron chi connectivity index (χ0n) is 16.7. The fourth-order valence-electron chi connectivity index (χ4n) is 4.21. The first-order valence-electron chi connectivity index (χ1n) is 9.93. The van der Waals surface area contributed by atoms with Crippen molar-refractivity contribution in [3.8, 4) is 5.75 Å². The van der Waals surface area contributed by atoms with Crippen LogP contribution in [0.1, 0.15) is 38.2 Å². The van der Waals surface area contributed by atoms with Crippen LogP contribution in [0.2, 0.25) is 0 Å². The molecule has 27 heavy (non-hydrogen) atoms. The maximum Gasteiger partial charge on any atom is 0.246 e. The molecule has 3 rings (SSSR count). The Balaban J connectivity index is 1.67. The van der Waals surface area contributed by atoms with Gasteiger partial charge in [-0.3, -0.25) is 0 Å².